The number of hydrogen-bond donors (Lipinski definition) is 0. The van der Waals surface area contributed by atoms with Gasteiger partial charge in [0.2, 0.25) is 0 Å². The van der Waals surface area contributed by atoms with E-state index in [1.807, 2.05) is 0 Å². The molecule has 0 saturated heterocycles. The number of nitro benzene ring substituents is 1. The molecule has 2 rings (SSSR count). The van der Waals surface area contributed by atoms with Gasteiger partial charge in [0.15, 0.2) is 9.84 Å². The molecule has 0 N–H and O–H groups in total. The second kappa shape index (κ2) is 5.92. The number of benzene rings is 2. The van der Waals surface area contributed by atoms with Gasteiger partial charge in [0, 0.05) is 6.07 Å². The van der Waals surface area contributed by atoms with E-state index in [4.69, 9.17) is 4.74 Å². The zero-order valence-corrected chi connectivity index (χ0v) is 12.0. The second-order valence-electron chi connectivity index (χ2n) is 4.29. The lowest BCUT2D eigenvalue weighted by molar-refractivity contribution is -0.385. The lowest BCUT2D eigenvalue weighted by Crippen LogP contribution is -2.08. The van der Waals surface area contributed by atoms with E-state index < -0.39 is 20.5 Å². The molecule has 0 radical (unpaired) electrons. The van der Waals surface area contributed by atoms with E-state index in [1.165, 1.54) is 37.4 Å². The Balaban J connectivity index is 2.51. The lowest BCUT2D eigenvalue weighted by Gasteiger charge is -2.09. The van der Waals surface area contributed by atoms with Crippen LogP contribution in [0.3, 0.4) is 0 Å². The van der Waals surface area contributed by atoms with E-state index >= 15 is 0 Å². The van der Waals surface area contributed by atoms with Crippen LogP contribution in [0, 0.1) is 10.1 Å². The molecule has 0 aliphatic carbocycles. The predicted octanol–water partition coefficient (Wildman–Crippen LogP) is 2.58. The minimum Gasteiger partial charge on any atom is -0.496 e. The topological polar surface area (TPSA) is 86.5 Å². The predicted molar refractivity (Wildman–Crippen MR) is 77.0 cm³/mol. The molecule has 0 saturated carbocycles. The highest BCUT2D eigenvalue weighted by atomic mass is 32.2. The maximum Gasteiger partial charge on any atom is 0.277 e. The summed E-state index contributed by atoms with van der Waals surface area (Å²) in [6, 6.07) is 12.0. The van der Waals surface area contributed by atoms with Gasteiger partial charge in [0.1, 0.15) is 5.75 Å². The SMILES string of the molecule is COc1cccc([N+](=O)[O-])c1CS(=O)(=O)c1ccccc1. The molecule has 0 heterocycles. The summed E-state index contributed by atoms with van der Waals surface area (Å²) >= 11 is 0. The number of hydrogen-bond acceptors (Lipinski definition) is 5. The van der Waals surface area contributed by atoms with Crippen LogP contribution < -0.4 is 4.74 Å². The van der Waals surface area contributed by atoms with Crippen molar-refractivity contribution in [2.24, 2.45) is 0 Å². The summed E-state index contributed by atoms with van der Waals surface area (Å²) in [7, 11) is -2.34. The van der Waals surface area contributed by atoms with Gasteiger partial charge in [-0.15, -0.1) is 0 Å². The van der Waals surface area contributed by atoms with Gasteiger partial charge < -0.3 is 4.74 Å². The molecule has 2 aromatic carbocycles. The number of nitrogens with zero attached hydrogens (tertiary/aromatic N) is 1. The Morgan fingerprint density at radius 1 is 1.10 bits per heavy atom. The molecule has 0 fully saturated rings. The fourth-order valence-electron chi connectivity index (χ4n) is 1.96. The molecule has 0 aliphatic heterocycles. The second-order valence-corrected chi connectivity index (χ2v) is 6.28. The number of rotatable bonds is 5. The molecule has 0 atom stereocenters. The smallest absolute Gasteiger partial charge is 0.277 e. The molecule has 0 unspecified atom stereocenters. The summed E-state index contributed by atoms with van der Waals surface area (Å²) < 4.78 is 29.8. The van der Waals surface area contributed by atoms with Gasteiger partial charge in [-0.25, -0.2) is 8.42 Å². The Bertz CT molecular complexity index is 756. The summed E-state index contributed by atoms with van der Waals surface area (Å²) in [4.78, 5) is 10.6. The number of ether oxygens (including phenoxy) is 1. The third kappa shape index (κ3) is 3.19. The lowest BCUT2D eigenvalue weighted by atomic mass is 10.2. The van der Waals surface area contributed by atoms with E-state index in [-0.39, 0.29) is 21.9 Å². The van der Waals surface area contributed by atoms with Gasteiger partial charge in [0.05, 0.1) is 28.2 Å². The van der Waals surface area contributed by atoms with Gasteiger partial charge in [0.25, 0.3) is 5.69 Å². The van der Waals surface area contributed by atoms with Crippen molar-refractivity contribution in [3.05, 3.63) is 64.2 Å². The monoisotopic (exact) mass is 307 g/mol. The van der Waals surface area contributed by atoms with E-state index in [9.17, 15) is 18.5 Å². The normalized spacial score (nSPS) is 11.1. The van der Waals surface area contributed by atoms with Crippen LogP contribution >= 0.6 is 0 Å². The van der Waals surface area contributed by atoms with Crippen molar-refractivity contribution in [1.82, 2.24) is 0 Å². The Kier molecular flexibility index (Phi) is 4.23. The molecule has 2 aromatic rings. The first-order chi connectivity index (χ1) is 9.95. The minimum absolute atomic E-state index is 0.0499. The first-order valence-corrected chi connectivity index (χ1v) is 7.69. The molecule has 7 heteroatoms. The van der Waals surface area contributed by atoms with Crippen LogP contribution in [-0.4, -0.2) is 20.5 Å². The molecule has 0 aliphatic rings. The van der Waals surface area contributed by atoms with Crippen molar-refractivity contribution in [3.63, 3.8) is 0 Å². The van der Waals surface area contributed by atoms with Crippen LogP contribution in [0.25, 0.3) is 0 Å². The largest absolute Gasteiger partial charge is 0.496 e. The molecule has 0 aromatic heterocycles. The summed E-state index contributed by atoms with van der Waals surface area (Å²) in [5.74, 6) is -0.305. The maximum absolute atomic E-state index is 12.4. The number of sulfone groups is 1. The molecule has 110 valence electrons. The van der Waals surface area contributed by atoms with Crippen molar-refractivity contribution in [1.29, 1.82) is 0 Å². The van der Waals surface area contributed by atoms with E-state index in [1.54, 1.807) is 18.2 Å². The Morgan fingerprint density at radius 2 is 1.76 bits per heavy atom. The third-order valence-corrected chi connectivity index (χ3v) is 4.62. The average molecular weight is 307 g/mol. The first kappa shape index (κ1) is 15.0. The van der Waals surface area contributed by atoms with Gasteiger partial charge >= 0.3 is 0 Å². The van der Waals surface area contributed by atoms with Crippen LogP contribution in [0.1, 0.15) is 5.56 Å². The first-order valence-electron chi connectivity index (χ1n) is 6.04. The van der Waals surface area contributed by atoms with Gasteiger partial charge in [-0.05, 0) is 18.2 Å². The van der Waals surface area contributed by atoms with Crippen LogP contribution in [0.15, 0.2) is 53.4 Å². The molecule has 0 bridgehead atoms. The zero-order chi connectivity index (χ0) is 15.5. The Labute approximate surface area is 122 Å². The minimum atomic E-state index is -3.69. The average Bonchev–Trinajstić information content (AvgIpc) is 2.47. The Morgan fingerprint density at radius 3 is 2.33 bits per heavy atom. The van der Waals surface area contributed by atoms with Gasteiger partial charge in [-0.1, -0.05) is 24.3 Å². The highest BCUT2D eigenvalue weighted by Gasteiger charge is 2.25. The molecule has 21 heavy (non-hydrogen) atoms. The zero-order valence-electron chi connectivity index (χ0n) is 11.2. The number of nitro groups is 1. The van der Waals surface area contributed by atoms with E-state index in [2.05, 4.69) is 0 Å². The van der Waals surface area contributed by atoms with Crippen LogP contribution in [-0.2, 0) is 15.6 Å². The van der Waals surface area contributed by atoms with Gasteiger partial charge in [-0.2, -0.15) is 0 Å². The third-order valence-electron chi connectivity index (χ3n) is 2.96. The van der Waals surface area contributed by atoms with Crippen molar-refractivity contribution < 1.29 is 18.1 Å². The van der Waals surface area contributed by atoms with Crippen LogP contribution in [0.5, 0.6) is 5.75 Å². The molecule has 0 spiro atoms. The molecular weight excluding hydrogens is 294 g/mol. The highest BCUT2D eigenvalue weighted by molar-refractivity contribution is 7.90. The standard InChI is InChI=1S/C14H13NO5S/c1-20-14-9-5-8-13(15(16)17)12(14)10-21(18,19)11-6-3-2-4-7-11/h2-9H,10H2,1H3. The van der Waals surface area contributed by atoms with Gasteiger partial charge in [-0.3, -0.25) is 10.1 Å². The van der Waals surface area contributed by atoms with E-state index in [0.29, 0.717) is 0 Å². The summed E-state index contributed by atoms with van der Waals surface area (Å²) in [5, 5.41) is 11.1. The van der Waals surface area contributed by atoms with E-state index in [0.717, 1.165) is 0 Å². The highest BCUT2D eigenvalue weighted by Crippen LogP contribution is 2.31. The summed E-state index contributed by atoms with van der Waals surface area (Å²) in [6.07, 6.45) is 0. The van der Waals surface area contributed by atoms with Crippen molar-refractivity contribution in [2.45, 2.75) is 10.6 Å². The molecule has 0 amide bonds. The van der Waals surface area contributed by atoms with Crippen molar-refractivity contribution in [3.8, 4) is 5.75 Å². The maximum atomic E-state index is 12.4. The summed E-state index contributed by atoms with van der Waals surface area (Å²) in [5.41, 5.74) is -0.220. The van der Waals surface area contributed by atoms with Crippen LogP contribution in [0.4, 0.5) is 5.69 Å². The fourth-order valence-corrected chi connectivity index (χ4v) is 3.37. The Hall–Kier alpha value is -2.41. The quantitative estimate of drug-likeness (QED) is 0.626. The number of methoxy groups -OCH3 is 1. The van der Waals surface area contributed by atoms with Crippen LogP contribution in [0.2, 0.25) is 0 Å². The van der Waals surface area contributed by atoms with Crippen molar-refractivity contribution >= 4 is 15.5 Å². The molecule has 6 nitrogen and oxygen atoms in total. The summed E-state index contributed by atoms with van der Waals surface area (Å²) in [6.45, 7) is 0. The fraction of sp³-hybridized carbons (Fsp3) is 0.143. The molecular formula is C14H13NO5S. The van der Waals surface area contributed by atoms with Crippen molar-refractivity contribution in [2.75, 3.05) is 7.11 Å².